The molecule has 2 amide bonds. The Morgan fingerprint density at radius 1 is 1.47 bits per heavy atom. The molecule has 0 aromatic heterocycles. The number of nitrogens with one attached hydrogen (secondary N) is 2. The van der Waals surface area contributed by atoms with Crippen molar-refractivity contribution in [3.05, 3.63) is 29.6 Å². The van der Waals surface area contributed by atoms with Crippen LogP contribution in [0, 0.1) is 17.7 Å². The van der Waals surface area contributed by atoms with Gasteiger partial charge in [-0.3, -0.25) is 0 Å². The number of halogens is 1. The van der Waals surface area contributed by atoms with Crippen molar-refractivity contribution in [1.82, 2.24) is 5.32 Å². The highest BCUT2D eigenvalue weighted by atomic mass is 19.1. The molecule has 1 aliphatic rings. The molecule has 0 saturated heterocycles. The predicted octanol–water partition coefficient (Wildman–Crippen LogP) is 2.30. The fourth-order valence-corrected chi connectivity index (χ4v) is 1.88. The lowest BCUT2D eigenvalue weighted by molar-refractivity contribution is 0.0697. The summed E-state index contributed by atoms with van der Waals surface area (Å²) in [6.07, 6.45) is 1.09. The SMILES string of the molecule is CC1CC1CNC(=O)Nc1ccc(F)cc1C(=O)O. The molecule has 102 valence electrons. The molecule has 19 heavy (non-hydrogen) atoms. The fraction of sp³-hybridized carbons (Fsp3) is 0.385. The molecule has 2 rings (SSSR count). The van der Waals surface area contributed by atoms with Crippen LogP contribution < -0.4 is 10.6 Å². The zero-order valence-corrected chi connectivity index (χ0v) is 10.4. The van der Waals surface area contributed by atoms with E-state index in [1.54, 1.807) is 0 Å². The first-order valence-electron chi connectivity index (χ1n) is 6.05. The minimum atomic E-state index is -1.29. The van der Waals surface area contributed by atoms with Gasteiger partial charge in [0, 0.05) is 6.54 Å². The van der Waals surface area contributed by atoms with Crippen molar-refractivity contribution < 1.29 is 19.1 Å². The lowest BCUT2D eigenvalue weighted by Crippen LogP contribution is -2.31. The summed E-state index contributed by atoms with van der Waals surface area (Å²) in [7, 11) is 0. The number of aromatic carboxylic acids is 1. The standard InChI is InChI=1S/C13H15FN2O3/c1-7-4-8(7)6-15-13(19)16-11-3-2-9(14)5-10(11)12(17)18/h2-3,5,7-8H,4,6H2,1H3,(H,17,18)(H2,15,16,19). The molecule has 6 heteroatoms. The van der Waals surface area contributed by atoms with Gasteiger partial charge < -0.3 is 15.7 Å². The van der Waals surface area contributed by atoms with E-state index in [0.717, 1.165) is 18.6 Å². The van der Waals surface area contributed by atoms with Gasteiger partial charge >= 0.3 is 12.0 Å². The Balaban J connectivity index is 1.97. The van der Waals surface area contributed by atoms with Crippen molar-refractivity contribution >= 4 is 17.7 Å². The van der Waals surface area contributed by atoms with Gasteiger partial charge in [-0.05, 0) is 36.5 Å². The van der Waals surface area contributed by atoms with Crippen molar-refractivity contribution in [2.75, 3.05) is 11.9 Å². The molecule has 5 nitrogen and oxygen atoms in total. The Bertz CT molecular complexity index is 519. The molecule has 0 spiro atoms. The van der Waals surface area contributed by atoms with Crippen molar-refractivity contribution in [1.29, 1.82) is 0 Å². The first kappa shape index (κ1) is 13.3. The average molecular weight is 266 g/mol. The molecule has 1 aliphatic carbocycles. The maximum atomic E-state index is 13.0. The lowest BCUT2D eigenvalue weighted by atomic mass is 10.2. The topological polar surface area (TPSA) is 78.4 Å². The molecule has 2 unspecified atom stereocenters. The molecule has 1 aromatic carbocycles. The molecular formula is C13H15FN2O3. The molecular weight excluding hydrogens is 251 g/mol. The quantitative estimate of drug-likeness (QED) is 0.782. The summed E-state index contributed by atoms with van der Waals surface area (Å²) in [4.78, 5) is 22.5. The normalized spacial score (nSPS) is 20.7. The highest BCUT2D eigenvalue weighted by Gasteiger charge is 2.32. The van der Waals surface area contributed by atoms with Gasteiger partial charge in [0.15, 0.2) is 0 Å². The van der Waals surface area contributed by atoms with E-state index in [1.165, 1.54) is 6.07 Å². The molecule has 0 heterocycles. The van der Waals surface area contributed by atoms with E-state index >= 15 is 0 Å². The molecule has 3 N–H and O–H groups in total. The van der Waals surface area contributed by atoms with Crippen LogP contribution in [0.15, 0.2) is 18.2 Å². The second-order valence-electron chi connectivity index (χ2n) is 4.80. The number of carboxylic acids is 1. The second kappa shape index (κ2) is 5.26. The largest absolute Gasteiger partial charge is 0.478 e. The molecule has 0 bridgehead atoms. The fourth-order valence-electron chi connectivity index (χ4n) is 1.88. The van der Waals surface area contributed by atoms with Gasteiger partial charge in [0.05, 0.1) is 11.3 Å². The highest BCUT2D eigenvalue weighted by molar-refractivity contribution is 5.99. The van der Waals surface area contributed by atoms with E-state index in [4.69, 9.17) is 5.11 Å². The summed E-state index contributed by atoms with van der Waals surface area (Å²) in [6, 6.07) is 2.73. The predicted molar refractivity (Wildman–Crippen MR) is 67.7 cm³/mol. The summed E-state index contributed by atoms with van der Waals surface area (Å²) in [6.45, 7) is 2.67. The molecule has 0 aliphatic heterocycles. The van der Waals surface area contributed by atoms with Crippen LogP contribution >= 0.6 is 0 Å². The number of hydrogen-bond donors (Lipinski definition) is 3. The van der Waals surface area contributed by atoms with Crippen LogP contribution in [0.1, 0.15) is 23.7 Å². The van der Waals surface area contributed by atoms with Gasteiger partial charge in [-0.25, -0.2) is 14.0 Å². The molecule has 1 fully saturated rings. The number of amides is 2. The summed E-state index contributed by atoms with van der Waals surface area (Å²) in [5.41, 5.74) is -0.190. The number of carboxylic acid groups (broad SMARTS) is 1. The van der Waals surface area contributed by atoms with E-state index < -0.39 is 17.8 Å². The van der Waals surface area contributed by atoms with E-state index in [-0.39, 0.29) is 11.3 Å². The summed E-state index contributed by atoms with van der Waals surface area (Å²) in [5.74, 6) is -0.820. The maximum Gasteiger partial charge on any atom is 0.337 e. The third kappa shape index (κ3) is 3.43. The summed E-state index contributed by atoms with van der Waals surface area (Å²) in [5, 5.41) is 14.0. The number of rotatable bonds is 4. The van der Waals surface area contributed by atoms with E-state index in [1.807, 2.05) is 0 Å². The number of urea groups is 1. The van der Waals surface area contributed by atoms with Crippen LogP contribution in [0.4, 0.5) is 14.9 Å². The third-order valence-corrected chi connectivity index (χ3v) is 3.26. The molecule has 2 atom stereocenters. The van der Waals surface area contributed by atoms with Crippen LogP contribution in [0.2, 0.25) is 0 Å². The summed E-state index contributed by atoms with van der Waals surface area (Å²) < 4.78 is 13.0. The van der Waals surface area contributed by atoms with Gasteiger partial charge in [0.25, 0.3) is 0 Å². The van der Waals surface area contributed by atoms with Crippen LogP contribution in [-0.2, 0) is 0 Å². The van der Waals surface area contributed by atoms with Gasteiger partial charge in [-0.2, -0.15) is 0 Å². The second-order valence-corrected chi connectivity index (χ2v) is 4.80. The molecule has 0 radical (unpaired) electrons. The number of benzene rings is 1. The minimum Gasteiger partial charge on any atom is -0.478 e. The smallest absolute Gasteiger partial charge is 0.337 e. The molecule has 1 aromatic rings. The van der Waals surface area contributed by atoms with Crippen molar-refractivity contribution in [3.63, 3.8) is 0 Å². The summed E-state index contributed by atoms with van der Waals surface area (Å²) >= 11 is 0. The zero-order valence-electron chi connectivity index (χ0n) is 10.4. The van der Waals surface area contributed by atoms with Gasteiger partial charge in [0.1, 0.15) is 5.82 Å². The van der Waals surface area contributed by atoms with Crippen LogP contribution in [0.25, 0.3) is 0 Å². The van der Waals surface area contributed by atoms with Gasteiger partial charge in [-0.15, -0.1) is 0 Å². The van der Waals surface area contributed by atoms with Crippen LogP contribution in [0.5, 0.6) is 0 Å². The van der Waals surface area contributed by atoms with Crippen molar-refractivity contribution in [3.8, 4) is 0 Å². The van der Waals surface area contributed by atoms with Gasteiger partial charge in [-0.1, -0.05) is 6.92 Å². The van der Waals surface area contributed by atoms with E-state index in [0.29, 0.717) is 18.4 Å². The number of carbonyl (C=O) groups is 2. The van der Waals surface area contributed by atoms with Crippen molar-refractivity contribution in [2.24, 2.45) is 11.8 Å². The monoisotopic (exact) mass is 266 g/mol. The van der Waals surface area contributed by atoms with E-state index in [2.05, 4.69) is 17.6 Å². The Morgan fingerprint density at radius 3 is 2.74 bits per heavy atom. The highest BCUT2D eigenvalue weighted by Crippen LogP contribution is 2.36. The Hall–Kier alpha value is -2.11. The van der Waals surface area contributed by atoms with Crippen LogP contribution in [0.3, 0.4) is 0 Å². The Kier molecular flexibility index (Phi) is 3.69. The number of carbonyl (C=O) groups excluding carboxylic acids is 1. The average Bonchev–Trinajstić information content (AvgIpc) is 3.05. The third-order valence-electron chi connectivity index (χ3n) is 3.26. The van der Waals surface area contributed by atoms with Crippen LogP contribution in [-0.4, -0.2) is 23.7 Å². The Labute approximate surface area is 109 Å². The van der Waals surface area contributed by atoms with Gasteiger partial charge in [0.2, 0.25) is 0 Å². The lowest BCUT2D eigenvalue weighted by Gasteiger charge is -2.09. The maximum absolute atomic E-state index is 13.0. The number of hydrogen-bond acceptors (Lipinski definition) is 2. The number of anilines is 1. The van der Waals surface area contributed by atoms with Crippen molar-refractivity contribution in [2.45, 2.75) is 13.3 Å². The zero-order chi connectivity index (χ0) is 14.0. The molecule has 1 saturated carbocycles. The minimum absolute atomic E-state index is 0.0789. The Morgan fingerprint density at radius 2 is 2.16 bits per heavy atom. The first-order chi connectivity index (χ1) is 8.97. The first-order valence-corrected chi connectivity index (χ1v) is 6.05. The van der Waals surface area contributed by atoms with E-state index in [9.17, 15) is 14.0 Å².